The van der Waals surface area contributed by atoms with Crippen LogP contribution in [0.15, 0.2) is 0 Å². The molecule has 1 N–H and O–H groups in total. The average molecular weight is 232 g/mol. The zero-order valence-corrected chi connectivity index (χ0v) is 10.3. The molecule has 0 radical (unpaired) electrons. The third-order valence-corrected chi connectivity index (χ3v) is 3.30. The summed E-state index contributed by atoms with van der Waals surface area (Å²) in [7, 11) is 0. The normalized spacial score (nSPS) is 29.8. The van der Waals surface area contributed by atoms with Crippen molar-refractivity contribution in [2.24, 2.45) is 0 Å². The first-order chi connectivity index (χ1) is 7.77. The molecule has 0 aromatic rings. The van der Waals surface area contributed by atoms with E-state index in [2.05, 4.69) is 6.92 Å². The van der Waals surface area contributed by atoms with Crippen LogP contribution in [-0.2, 0) is 4.74 Å². The number of hydrogen-bond acceptors (Lipinski definition) is 2. The molecule has 1 rings (SSSR count). The second kappa shape index (κ2) is 8.02. The van der Waals surface area contributed by atoms with E-state index in [9.17, 15) is 4.39 Å². The predicted octanol–water partition coefficient (Wildman–Crippen LogP) is 3.22. The fourth-order valence-electron chi connectivity index (χ4n) is 2.28. The summed E-state index contributed by atoms with van der Waals surface area (Å²) in [6.07, 6.45) is 7.12. The van der Waals surface area contributed by atoms with Crippen molar-refractivity contribution >= 4 is 0 Å². The largest absolute Gasteiger partial charge is 0.394 e. The summed E-state index contributed by atoms with van der Waals surface area (Å²) in [6.45, 7) is 2.16. The van der Waals surface area contributed by atoms with Gasteiger partial charge in [-0.15, -0.1) is 0 Å². The molecule has 1 aliphatic heterocycles. The van der Waals surface area contributed by atoms with Gasteiger partial charge in [0.2, 0.25) is 0 Å². The Morgan fingerprint density at radius 3 is 2.50 bits per heavy atom. The van der Waals surface area contributed by atoms with Gasteiger partial charge in [0.05, 0.1) is 18.8 Å². The van der Waals surface area contributed by atoms with Gasteiger partial charge in [-0.1, -0.05) is 45.4 Å². The summed E-state index contributed by atoms with van der Waals surface area (Å²) in [5, 5.41) is 8.88. The van der Waals surface area contributed by atoms with Gasteiger partial charge >= 0.3 is 0 Å². The maximum Gasteiger partial charge on any atom is 0.129 e. The van der Waals surface area contributed by atoms with Crippen molar-refractivity contribution in [2.45, 2.75) is 76.7 Å². The fraction of sp³-hybridized carbons (Fsp3) is 1.00. The molecule has 0 aliphatic carbocycles. The Kier molecular flexibility index (Phi) is 6.97. The summed E-state index contributed by atoms with van der Waals surface area (Å²) in [5.74, 6) is 0. The third-order valence-electron chi connectivity index (χ3n) is 3.30. The fourth-order valence-corrected chi connectivity index (χ4v) is 2.28. The number of ether oxygens (including phenoxy) is 1. The van der Waals surface area contributed by atoms with E-state index in [-0.39, 0.29) is 18.8 Å². The Morgan fingerprint density at radius 1 is 1.19 bits per heavy atom. The highest BCUT2D eigenvalue weighted by molar-refractivity contribution is 4.81. The van der Waals surface area contributed by atoms with Crippen LogP contribution in [0.1, 0.15) is 58.3 Å². The molecule has 1 unspecified atom stereocenters. The van der Waals surface area contributed by atoms with Crippen molar-refractivity contribution in [1.82, 2.24) is 0 Å². The number of alkyl halides is 1. The van der Waals surface area contributed by atoms with Crippen LogP contribution in [0.5, 0.6) is 0 Å². The van der Waals surface area contributed by atoms with Crippen molar-refractivity contribution in [3.05, 3.63) is 0 Å². The lowest BCUT2D eigenvalue weighted by Gasteiger charge is -2.12. The summed E-state index contributed by atoms with van der Waals surface area (Å²) in [4.78, 5) is 0. The van der Waals surface area contributed by atoms with Crippen LogP contribution in [0.2, 0.25) is 0 Å². The summed E-state index contributed by atoms with van der Waals surface area (Å²) in [5.41, 5.74) is 0. The molecule has 0 aromatic carbocycles. The molecule has 0 amide bonds. The Labute approximate surface area is 98.2 Å². The van der Waals surface area contributed by atoms with Gasteiger partial charge in [-0.25, -0.2) is 4.39 Å². The van der Waals surface area contributed by atoms with E-state index in [1.165, 1.54) is 32.1 Å². The van der Waals surface area contributed by atoms with E-state index in [0.29, 0.717) is 6.42 Å². The lowest BCUT2D eigenvalue weighted by Crippen LogP contribution is -2.17. The predicted molar refractivity (Wildman–Crippen MR) is 63.3 cm³/mol. The number of unbranched alkanes of at least 4 members (excludes halogenated alkanes) is 5. The number of aliphatic hydroxyl groups excluding tert-OH is 1. The van der Waals surface area contributed by atoms with E-state index >= 15 is 0 Å². The number of hydrogen-bond donors (Lipinski definition) is 1. The minimum atomic E-state index is -0.868. The van der Waals surface area contributed by atoms with Crippen LogP contribution in [0, 0.1) is 0 Å². The summed E-state index contributed by atoms with van der Waals surface area (Å²) in [6, 6.07) is 0. The molecule has 0 saturated carbocycles. The van der Waals surface area contributed by atoms with Crippen LogP contribution in [-0.4, -0.2) is 30.1 Å². The Hall–Kier alpha value is -0.150. The first-order valence-corrected chi connectivity index (χ1v) is 6.68. The van der Waals surface area contributed by atoms with Crippen molar-refractivity contribution in [2.75, 3.05) is 6.61 Å². The monoisotopic (exact) mass is 232 g/mol. The molecule has 1 aliphatic rings. The van der Waals surface area contributed by atoms with Gasteiger partial charge in [0.1, 0.15) is 6.17 Å². The van der Waals surface area contributed by atoms with Crippen LogP contribution in [0.4, 0.5) is 4.39 Å². The first kappa shape index (κ1) is 13.9. The van der Waals surface area contributed by atoms with Crippen LogP contribution in [0.3, 0.4) is 0 Å². The van der Waals surface area contributed by atoms with Gasteiger partial charge < -0.3 is 9.84 Å². The molecule has 1 heterocycles. The standard InChI is InChI=1S/C13H25FO2/c1-2-3-4-5-6-7-8-13-12(14)9-11(10-15)16-13/h11-13,15H,2-10H2,1H3/t11-,12-,13?/m0/s1. The highest BCUT2D eigenvalue weighted by Gasteiger charge is 2.34. The molecular weight excluding hydrogens is 207 g/mol. The van der Waals surface area contributed by atoms with E-state index in [1.54, 1.807) is 0 Å². The molecule has 1 saturated heterocycles. The number of rotatable bonds is 8. The van der Waals surface area contributed by atoms with Gasteiger partial charge in [0.15, 0.2) is 0 Å². The van der Waals surface area contributed by atoms with Crippen molar-refractivity contribution in [3.63, 3.8) is 0 Å². The minimum Gasteiger partial charge on any atom is -0.394 e. The SMILES string of the molecule is CCCCCCCCC1O[C@H](CO)C[C@@H]1F. The Balaban J connectivity index is 2.00. The van der Waals surface area contributed by atoms with Crippen LogP contribution < -0.4 is 0 Å². The average Bonchev–Trinajstić information content (AvgIpc) is 2.65. The maximum atomic E-state index is 13.4. The van der Waals surface area contributed by atoms with Gasteiger partial charge in [-0.2, -0.15) is 0 Å². The van der Waals surface area contributed by atoms with Gasteiger partial charge in [0.25, 0.3) is 0 Å². The topological polar surface area (TPSA) is 29.5 Å². The van der Waals surface area contributed by atoms with Crippen molar-refractivity contribution in [1.29, 1.82) is 0 Å². The van der Waals surface area contributed by atoms with E-state index in [0.717, 1.165) is 12.8 Å². The zero-order valence-electron chi connectivity index (χ0n) is 10.3. The molecule has 2 nitrogen and oxygen atoms in total. The molecule has 0 aromatic heterocycles. The zero-order chi connectivity index (χ0) is 11.8. The lowest BCUT2D eigenvalue weighted by atomic mass is 10.0. The molecule has 16 heavy (non-hydrogen) atoms. The minimum absolute atomic E-state index is 0.0482. The highest BCUT2D eigenvalue weighted by Crippen LogP contribution is 2.26. The summed E-state index contributed by atoms with van der Waals surface area (Å²) < 4.78 is 18.8. The van der Waals surface area contributed by atoms with Crippen LogP contribution in [0.25, 0.3) is 0 Å². The van der Waals surface area contributed by atoms with E-state index in [4.69, 9.17) is 9.84 Å². The highest BCUT2D eigenvalue weighted by atomic mass is 19.1. The second-order valence-electron chi connectivity index (χ2n) is 4.79. The van der Waals surface area contributed by atoms with E-state index < -0.39 is 6.17 Å². The first-order valence-electron chi connectivity index (χ1n) is 6.68. The lowest BCUT2D eigenvalue weighted by molar-refractivity contribution is -0.00286. The van der Waals surface area contributed by atoms with Crippen LogP contribution >= 0.6 is 0 Å². The Bertz CT molecular complexity index is 175. The molecular formula is C13H25FO2. The maximum absolute atomic E-state index is 13.4. The van der Waals surface area contributed by atoms with Crippen molar-refractivity contribution < 1.29 is 14.2 Å². The second-order valence-corrected chi connectivity index (χ2v) is 4.79. The quantitative estimate of drug-likeness (QED) is 0.651. The molecule has 0 spiro atoms. The molecule has 3 atom stereocenters. The Morgan fingerprint density at radius 2 is 1.88 bits per heavy atom. The molecule has 3 heteroatoms. The summed E-state index contributed by atoms with van der Waals surface area (Å²) >= 11 is 0. The van der Waals surface area contributed by atoms with Crippen molar-refractivity contribution in [3.8, 4) is 0 Å². The number of aliphatic hydroxyl groups is 1. The van der Waals surface area contributed by atoms with Gasteiger partial charge in [0, 0.05) is 6.42 Å². The molecule has 1 fully saturated rings. The molecule has 0 bridgehead atoms. The molecule has 96 valence electrons. The van der Waals surface area contributed by atoms with E-state index in [1.807, 2.05) is 0 Å². The number of halogens is 1. The van der Waals surface area contributed by atoms with Gasteiger partial charge in [-0.05, 0) is 6.42 Å². The smallest absolute Gasteiger partial charge is 0.129 e. The van der Waals surface area contributed by atoms with Gasteiger partial charge in [-0.3, -0.25) is 0 Å². The third kappa shape index (κ3) is 4.79.